The monoisotopic (exact) mass is 982 g/mol. The molecule has 2 unspecified atom stereocenters. The molecule has 0 bridgehead atoms. The summed E-state index contributed by atoms with van der Waals surface area (Å²) >= 11 is 0. The van der Waals surface area contributed by atoms with E-state index >= 15 is 0 Å². The fourth-order valence-corrected chi connectivity index (χ4v) is 10.2. The minimum absolute atomic E-state index is 0.0574. The zero-order valence-electron chi connectivity index (χ0n) is 47.8. The van der Waals surface area contributed by atoms with Gasteiger partial charge in [-0.2, -0.15) is 0 Å². The Morgan fingerprint density at radius 2 is 0.586 bits per heavy atom. The summed E-state index contributed by atoms with van der Waals surface area (Å²) in [5.41, 5.74) is 0. The van der Waals surface area contributed by atoms with E-state index in [0.29, 0.717) is 6.42 Å². The highest BCUT2D eigenvalue weighted by atomic mass is 16.3. The Hall–Kier alpha value is -1.39. The van der Waals surface area contributed by atoms with E-state index < -0.39 is 12.1 Å². The molecule has 414 valence electrons. The Labute approximate surface area is 440 Å². The number of carbonyl (C=O) groups is 1. The highest BCUT2D eigenvalue weighted by Crippen LogP contribution is 2.18. The summed E-state index contributed by atoms with van der Waals surface area (Å²) in [6.07, 6.45) is 84.9. The third-order valence-corrected chi connectivity index (χ3v) is 15.1. The molecule has 0 fully saturated rings. The van der Waals surface area contributed by atoms with Crippen molar-refractivity contribution in [3.63, 3.8) is 0 Å². The van der Waals surface area contributed by atoms with E-state index in [0.717, 1.165) is 32.1 Å². The first kappa shape index (κ1) is 68.6. The summed E-state index contributed by atoms with van der Waals surface area (Å²) in [4.78, 5) is 12.5. The Morgan fingerprint density at radius 1 is 0.343 bits per heavy atom. The molecule has 0 aromatic carbocycles. The number of amides is 1. The van der Waals surface area contributed by atoms with Crippen LogP contribution in [0.15, 0.2) is 36.5 Å². The van der Waals surface area contributed by atoms with Crippen molar-refractivity contribution >= 4 is 5.91 Å². The molecule has 2 atom stereocenters. The summed E-state index contributed by atoms with van der Waals surface area (Å²) in [7, 11) is 0. The van der Waals surface area contributed by atoms with Gasteiger partial charge in [0.1, 0.15) is 0 Å². The molecular weight excluding hydrogens is 855 g/mol. The van der Waals surface area contributed by atoms with Crippen LogP contribution in [0.4, 0.5) is 0 Å². The molecule has 0 radical (unpaired) electrons. The van der Waals surface area contributed by atoms with Crippen LogP contribution in [0.25, 0.3) is 0 Å². The van der Waals surface area contributed by atoms with Crippen molar-refractivity contribution in [2.24, 2.45) is 0 Å². The molecule has 3 N–H and O–H groups in total. The van der Waals surface area contributed by atoms with E-state index in [1.54, 1.807) is 6.08 Å². The molecule has 1 amide bonds. The van der Waals surface area contributed by atoms with Crippen LogP contribution in [0.1, 0.15) is 361 Å². The van der Waals surface area contributed by atoms with Gasteiger partial charge in [0.05, 0.1) is 18.8 Å². The number of rotatable bonds is 60. The van der Waals surface area contributed by atoms with E-state index in [9.17, 15) is 15.0 Å². The zero-order valence-corrected chi connectivity index (χ0v) is 47.8. The van der Waals surface area contributed by atoms with Gasteiger partial charge in [-0.3, -0.25) is 4.79 Å². The van der Waals surface area contributed by atoms with Crippen LogP contribution in [-0.2, 0) is 4.79 Å². The van der Waals surface area contributed by atoms with Crippen LogP contribution < -0.4 is 5.32 Å². The minimum atomic E-state index is -0.840. The fourth-order valence-electron chi connectivity index (χ4n) is 10.2. The van der Waals surface area contributed by atoms with Crippen molar-refractivity contribution in [1.82, 2.24) is 5.32 Å². The molecule has 0 aliphatic carbocycles. The number of hydrogen-bond donors (Lipinski definition) is 3. The number of carbonyl (C=O) groups excluding carboxylic acids is 1. The van der Waals surface area contributed by atoms with Crippen molar-refractivity contribution in [2.45, 2.75) is 373 Å². The van der Waals surface area contributed by atoms with E-state index in [1.807, 2.05) is 6.08 Å². The molecule has 0 spiro atoms. The van der Waals surface area contributed by atoms with Gasteiger partial charge in [0.25, 0.3) is 0 Å². The zero-order chi connectivity index (χ0) is 50.6. The molecule has 4 nitrogen and oxygen atoms in total. The molecule has 0 aromatic heterocycles. The van der Waals surface area contributed by atoms with Crippen molar-refractivity contribution < 1.29 is 15.0 Å². The maximum atomic E-state index is 12.5. The van der Waals surface area contributed by atoms with E-state index in [1.165, 1.54) is 308 Å². The normalized spacial score (nSPS) is 12.9. The van der Waals surface area contributed by atoms with E-state index in [4.69, 9.17) is 0 Å². The maximum absolute atomic E-state index is 12.5. The number of hydrogen-bond acceptors (Lipinski definition) is 3. The van der Waals surface area contributed by atoms with Gasteiger partial charge in [0.2, 0.25) is 5.91 Å². The van der Waals surface area contributed by atoms with Crippen molar-refractivity contribution in [1.29, 1.82) is 0 Å². The fraction of sp³-hybridized carbons (Fsp3) is 0.894. The Morgan fingerprint density at radius 3 is 0.857 bits per heavy atom. The van der Waals surface area contributed by atoms with Gasteiger partial charge in [0.15, 0.2) is 0 Å². The summed E-state index contributed by atoms with van der Waals surface area (Å²) in [5.74, 6) is -0.0574. The van der Waals surface area contributed by atoms with Crippen LogP contribution in [0.2, 0.25) is 0 Å². The molecule has 70 heavy (non-hydrogen) atoms. The van der Waals surface area contributed by atoms with Gasteiger partial charge in [-0.15, -0.1) is 0 Å². The summed E-state index contributed by atoms with van der Waals surface area (Å²) in [5, 5.41) is 23.3. The number of aliphatic hydroxyl groups excluding tert-OH is 2. The molecule has 0 saturated carbocycles. The van der Waals surface area contributed by atoms with Gasteiger partial charge >= 0.3 is 0 Å². The van der Waals surface area contributed by atoms with E-state index in [2.05, 4.69) is 43.5 Å². The molecule has 0 rings (SSSR count). The number of allylic oxidation sites excluding steroid dienone is 5. The minimum Gasteiger partial charge on any atom is -0.394 e. The molecule has 0 heterocycles. The van der Waals surface area contributed by atoms with Crippen LogP contribution >= 0.6 is 0 Å². The van der Waals surface area contributed by atoms with Crippen LogP contribution in [0, 0.1) is 0 Å². The smallest absolute Gasteiger partial charge is 0.220 e. The number of aliphatic hydroxyl groups is 2. The predicted octanol–water partition coefficient (Wildman–Crippen LogP) is 21.6. The molecule has 0 aliphatic heterocycles. The van der Waals surface area contributed by atoms with Gasteiger partial charge in [0, 0.05) is 6.42 Å². The van der Waals surface area contributed by atoms with Gasteiger partial charge in [-0.25, -0.2) is 0 Å². The Balaban J connectivity index is 3.44. The average molecular weight is 983 g/mol. The van der Waals surface area contributed by atoms with Crippen molar-refractivity contribution in [2.75, 3.05) is 6.61 Å². The van der Waals surface area contributed by atoms with Gasteiger partial charge in [-0.05, 0) is 51.4 Å². The summed E-state index contributed by atoms with van der Waals surface area (Å²) in [6, 6.07) is -0.622. The van der Waals surface area contributed by atoms with Gasteiger partial charge in [-0.1, -0.05) is 339 Å². The third kappa shape index (κ3) is 57.5. The SMILES string of the molecule is CCCCCCC/C=C\C/C=C\CCCCCCCCCCCCCCCCCCCC(=O)NC(CO)C(O)/C=C/CCCCCCCCCCCCCCCCCCCCCCCCCCCCC. The second-order valence-corrected chi connectivity index (χ2v) is 22.2. The first-order valence-corrected chi connectivity index (χ1v) is 32.2. The molecule has 0 aromatic rings. The van der Waals surface area contributed by atoms with Crippen molar-refractivity contribution in [3.8, 4) is 0 Å². The second-order valence-electron chi connectivity index (χ2n) is 22.2. The maximum Gasteiger partial charge on any atom is 0.220 e. The Kier molecular flexibility index (Phi) is 60.7. The lowest BCUT2D eigenvalue weighted by atomic mass is 10.0. The van der Waals surface area contributed by atoms with Gasteiger partial charge < -0.3 is 15.5 Å². The molecule has 4 heteroatoms. The van der Waals surface area contributed by atoms with Crippen LogP contribution in [0.5, 0.6) is 0 Å². The van der Waals surface area contributed by atoms with Crippen molar-refractivity contribution in [3.05, 3.63) is 36.5 Å². The lowest BCUT2D eigenvalue weighted by Crippen LogP contribution is -2.45. The summed E-state index contributed by atoms with van der Waals surface area (Å²) in [6.45, 7) is 4.34. The van der Waals surface area contributed by atoms with Crippen LogP contribution in [-0.4, -0.2) is 34.9 Å². The largest absolute Gasteiger partial charge is 0.394 e. The van der Waals surface area contributed by atoms with Crippen LogP contribution in [0.3, 0.4) is 0 Å². The number of unbranched alkanes of at least 4 members (excludes halogenated alkanes) is 49. The molecular formula is C66H127NO3. The molecule has 0 saturated heterocycles. The topological polar surface area (TPSA) is 69.6 Å². The highest BCUT2D eigenvalue weighted by Gasteiger charge is 2.18. The third-order valence-electron chi connectivity index (χ3n) is 15.1. The first-order chi connectivity index (χ1) is 34.7. The van der Waals surface area contributed by atoms with E-state index in [-0.39, 0.29) is 12.5 Å². The quantitative estimate of drug-likeness (QED) is 0.0420. The summed E-state index contributed by atoms with van der Waals surface area (Å²) < 4.78 is 0. The number of nitrogens with one attached hydrogen (secondary N) is 1. The average Bonchev–Trinajstić information content (AvgIpc) is 3.36. The first-order valence-electron chi connectivity index (χ1n) is 32.2. The highest BCUT2D eigenvalue weighted by molar-refractivity contribution is 5.76. The second kappa shape index (κ2) is 61.9. The Bertz CT molecular complexity index is 1070. The lowest BCUT2D eigenvalue weighted by molar-refractivity contribution is -0.123. The standard InChI is InChI=1S/C66H127NO3/c1-3-5-7-9-11-13-15-17-19-21-23-25-27-29-31-33-35-37-39-41-43-45-47-49-51-53-55-57-59-61-65(69)64(63-68)67-66(70)62-60-58-56-54-52-50-48-46-44-42-40-38-36-34-32-30-28-26-24-22-20-18-16-14-12-10-8-6-4-2/h16,18,22,24,59,61,64-65,68-69H,3-15,17,19-21,23,25-58,60,62-63H2,1-2H3,(H,67,70)/b18-16-,24-22-,61-59+. The molecule has 0 aliphatic rings. The lowest BCUT2D eigenvalue weighted by Gasteiger charge is -2.20. The predicted molar refractivity (Wildman–Crippen MR) is 313 cm³/mol.